The van der Waals surface area contributed by atoms with E-state index in [1.54, 1.807) is 11.3 Å². The Labute approximate surface area is 140 Å². The van der Waals surface area contributed by atoms with E-state index >= 15 is 0 Å². The zero-order valence-electron chi connectivity index (χ0n) is 11.5. The number of hydrogen-bond acceptors (Lipinski definition) is 3. The first-order valence-corrected chi connectivity index (χ1v) is 9.01. The summed E-state index contributed by atoms with van der Waals surface area (Å²) in [7, 11) is 0. The Hall–Kier alpha value is -1.68. The molecule has 1 nitrogen and oxygen atoms in total. The van der Waals surface area contributed by atoms with Crippen molar-refractivity contribution in [2.45, 2.75) is 6.42 Å². The smallest absolute Gasteiger partial charge is 0.199 e. The molecule has 0 atom stereocenters. The molecule has 0 saturated heterocycles. The normalized spacial score (nSPS) is 11.3. The third-order valence-electron chi connectivity index (χ3n) is 3.76. The maximum absolute atomic E-state index is 12.9. The van der Waals surface area contributed by atoms with E-state index in [-0.39, 0.29) is 5.43 Å². The SMILES string of the molecule is O=c1c(Cc2ccc(Cl)cc2)cc2sccc2c2ccsc12. The Morgan fingerprint density at radius 1 is 0.909 bits per heavy atom. The van der Waals surface area contributed by atoms with E-state index < -0.39 is 0 Å². The zero-order chi connectivity index (χ0) is 15.1. The molecule has 2 aromatic heterocycles. The van der Waals surface area contributed by atoms with Crippen molar-refractivity contribution in [1.82, 2.24) is 0 Å². The monoisotopic (exact) mass is 342 g/mol. The van der Waals surface area contributed by atoms with E-state index in [1.807, 2.05) is 41.8 Å². The molecule has 0 N–H and O–H groups in total. The predicted molar refractivity (Wildman–Crippen MR) is 97.7 cm³/mol. The van der Waals surface area contributed by atoms with Gasteiger partial charge in [-0.05, 0) is 46.7 Å². The summed E-state index contributed by atoms with van der Waals surface area (Å²) in [6, 6.07) is 13.9. The minimum absolute atomic E-state index is 0.142. The molecule has 2 heterocycles. The van der Waals surface area contributed by atoms with Crippen molar-refractivity contribution < 1.29 is 0 Å². The van der Waals surface area contributed by atoms with Gasteiger partial charge in [0.05, 0.1) is 4.70 Å². The lowest BCUT2D eigenvalue weighted by Gasteiger charge is -1.99. The second kappa shape index (κ2) is 5.51. The molecule has 0 unspecified atom stereocenters. The highest BCUT2D eigenvalue weighted by Gasteiger charge is 2.10. The van der Waals surface area contributed by atoms with Crippen LogP contribution >= 0.6 is 34.3 Å². The lowest BCUT2D eigenvalue weighted by Crippen LogP contribution is -2.05. The van der Waals surface area contributed by atoms with Crippen LogP contribution in [0.4, 0.5) is 0 Å². The van der Waals surface area contributed by atoms with Crippen LogP contribution in [0.2, 0.25) is 5.02 Å². The summed E-state index contributed by atoms with van der Waals surface area (Å²) in [6.45, 7) is 0. The van der Waals surface area contributed by atoms with Crippen molar-refractivity contribution in [3.05, 3.63) is 79.6 Å². The fourth-order valence-corrected chi connectivity index (χ4v) is 4.55. The van der Waals surface area contributed by atoms with Crippen LogP contribution in [0.5, 0.6) is 0 Å². The van der Waals surface area contributed by atoms with Gasteiger partial charge in [-0.2, -0.15) is 0 Å². The number of benzene rings is 1. The first kappa shape index (κ1) is 13.9. The van der Waals surface area contributed by atoms with Crippen LogP contribution < -0.4 is 5.43 Å². The molecule has 0 aliphatic carbocycles. The lowest BCUT2D eigenvalue weighted by atomic mass is 10.1. The van der Waals surface area contributed by atoms with Gasteiger partial charge in [0.25, 0.3) is 0 Å². The summed E-state index contributed by atoms with van der Waals surface area (Å²) in [5, 5.41) is 7.02. The van der Waals surface area contributed by atoms with Crippen LogP contribution in [0.1, 0.15) is 11.1 Å². The van der Waals surface area contributed by atoms with Gasteiger partial charge in [0.1, 0.15) is 0 Å². The summed E-state index contributed by atoms with van der Waals surface area (Å²) >= 11 is 9.14. The quantitative estimate of drug-likeness (QED) is 0.455. The molecular weight excluding hydrogens is 332 g/mol. The fraction of sp³-hybridized carbons (Fsp3) is 0.0556. The van der Waals surface area contributed by atoms with Crippen molar-refractivity contribution in [1.29, 1.82) is 0 Å². The molecule has 22 heavy (non-hydrogen) atoms. The van der Waals surface area contributed by atoms with Crippen molar-refractivity contribution in [3.63, 3.8) is 0 Å². The largest absolute Gasteiger partial charge is 0.288 e. The molecule has 0 fully saturated rings. The summed E-state index contributed by atoms with van der Waals surface area (Å²) in [4.78, 5) is 12.9. The van der Waals surface area contributed by atoms with Gasteiger partial charge < -0.3 is 0 Å². The Kier molecular flexibility index (Phi) is 3.49. The van der Waals surface area contributed by atoms with E-state index in [0.29, 0.717) is 11.4 Å². The van der Waals surface area contributed by atoms with Gasteiger partial charge in [-0.25, -0.2) is 0 Å². The Bertz CT molecular complexity index is 1030. The minimum Gasteiger partial charge on any atom is -0.288 e. The fourth-order valence-electron chi connectivity index (χ4n) is 2.68. The molecular formula is C18H11ClOS2. The van der Waals surface area contributed by atoms with Crippen LogP contribution in [0, 0.1) is 0 Å². The van der Waals surface area contributed by atoms with Crippen molar-refractivity contribution >= 4 is 54.4 Å². The van der Waals surface area contributed by atoms with Crippen molar-refractivity contribution in [2.24, 2.45) is 0 Å². The summed E-state index contributed by atoms with van der Waals surface area (Å²) in [6.07, 6.45) is 0.630. The number of fused-ring (bicyclic) bond motifs is 3. The Morgan fingerprint density at radius 3 is 2.45 bits per heavy atom. The third kappa shape index (κ3) is 2.35. The molecule has 4 aromatic rings. The summed E-state index contributed by atoms with van der Waals surface area (Å²) in [5.41, 5.74) is 2.08. The summed E-state index contributed by atoms with van der Waals surface area (Å²) in [5.74, 6) is 0. The van der Waals surface area contributed by atoms with Gasteiger partial charge in [-0.1, -0.05) is 23.7 Å². The molecule has 2 aromatic carbocycles. The number of halogens is 1. The highest BCUT2D eigenvalue weighted by atomic mass is 35.5. The molecule has 0 amide bonds. The van der Waals surface area contributed by atoms with Crippen LogP contribution in [0.3, 0.4) is 0 Å². The number of rotatable bonds is 2. The Balaban J connectivity index is 1.97. The molecule has 0 spiro atoms. The molecule has 0 bridgehead atoms. The standard InChI is InChI=1S/C18H11ClOS2/c19-13-3-1-11(2-4-13)9-12-10-16-14(5-7-21-16)15-6-8-22-18(15)17(12)20/h1-8,10H,9H2. The maximum atomic E-state index is 12.9. The first-order valence-electron chi connectivity index (χ1n) is 6.87. The number of hydrogen-bond donors (Lipinski definition) is 0. The molecule has 0 aliphatic heterocycles. The van der Waals surface area contributed by atoms with E-state index in [0.717, 1.165) is 25.9 Å². The van der Waals surface area contributed by atoms with Gasteiger partial charge in [-0.15, -0.1) is 22.7 Å². The molecule has 4 rings (SSSR count). The van der Waals surface area contributed by atoms with E-state index in [1.165, 1.54) is 16.7 Å². The van der Waals surface area contributed by atoms with E-state index in [2.05, 4.69) is 11.4 Å². The average molecular weight is 343 g/mol. The zero-order valence-corrected chi connectivity index (χ0v) is 13.9. The Morgan fingerprint density at radius 2 is 1.64 bits per heavy atom. The van der Waals surface area contributed by atoms with Gasteiger partial charge in [0.2, 0.25) is 0 Å². The lowest BCUT2D eigenvalue weighted by molar-refractivity contribution is 1.19. The van der Waals surface area contributed by atoms with Gasteiger partial charge in [0.15, 0.2) is 5.43 Å². The molecule has 0 saturated carbocycles. The van der Waals surface area contributed by atoms with E-state index in [9.17, 15) is 4.79 Å². The maximum Gasteiger partial charge on any atom is 0.199 e. The van der Waals surface area contributed by atoms with Crippen LogP contribution in [-0.4, -0.2) is 0 Å². The third-order valence-corrected chi connectivity index (χ3v) is 5.79. The highest BCUT2D eigenvalue weighted by Crippen LogP contribution is 2.30. The van der Waals surface area contributed by atoms with Gasteiger partial charge in [-0.3, -0.25) is 4.79 Å². The topological polar surface area (TPSA) is 17.1 Å². The van der Waals surface area contributed by atoms with Crippen molar-refractivity contribution in [3.8, 4) is 0 Å². The van der Waals surface area contributed by atoms with Gasteiger partial charge >= 0.3 is 0 Å². The van der Waals surface area contributed by atoms with Crippen LogP contribution in [0.25, 0.3) is 20.2 Å². The second-order valence-corrected chi connectivity index (χ2v) is 7.46. The average Bonchev–Trinajstić information content (AvgIpc) is 3.14. The second-order valence-electron chi connectivity index (χ2n) is 5.16. The molecule has 4 heteroatoms. The van der Waals surface area contributed by atoms with Gasteiger partial charge in [0, 0.05) is 32.5 Å². The molecule has 0 aliphatic rings. The highest BCUT2D eigenvalue weighted by molar-refractivity contribution is 7.18. The molecule has 0 radical (unpaired) electrons. The minimum atomic E-state index is 0.142. The number of thiophene rings is 2. The van der Waals surface area contributed by atoms with Crippen LogP contribution in [-0.2, 0) is 6.42 Å². The first-order chi connectivity index (χ1) is 10.7. The predicted octanol–water partition coefficient (Wildman–Crippen LogP) is 5.72. The van der Waals surface area contributed by atoms with Crippen molar-refractivity contribution in [2.75, 3.05) is 0 Å². The van der Waals surface area contributed by atoms with E-state index in [4.69, 9.17) is 11.6 Å². The summed E-state index contributed by atoms with van der Waals surface area (Å²) < 4.78 is 2.01. The molecule has 108 valence electrons. The van der Waals surface area contributed by atoms with Crippen LogP contribution in [0.15, 0.2) is 58.0 Å².